The van der Waals surface area contributed by atoms with Crippen LogP contribution in [0.2, 0.25) is 0 Å². The monoisotopic (exact) mass is 285 g/mol. The number of carbonyl (C=O) groups is 1. The molecule has 5 nitrogen and oxygen atoms in total. The maximum atomic E-state index is 12.1. The lowest BCUT2D eigenvalue weighted by Gasteiger charge is -2.21. The van der Waals surface area contributed by atoms with Crippen molar-refractivity contribution in [3.8, 4) is 0 Å². The van der Waals surface area contributed by atoms with Gasteiger partial charge in [0.2, 0.25) is 11.8 Å². The van der Waals surface area contributed by atoms with Gasteiger partial charge in [0.15, 0.2) is 5.84 Å². The molecule has 0 bridgehead atoms. The highest BCUT2D eigenvalue weighted by Gasteiger charge is 2.23. The van der Waals surface area contributed by atoms with E-state index >= 15 is 0 Å². The van der Waals surface area contributed by atoms with Gasteiger partial charge in [0.25, 0.3) is 0 Å². The maximum absolute atomic E-state index is 12.1. The number of carbonyl (C=O) groups excluding carboxylic acids is 1. The number of rotatable bonds is 4. The first-order valence-corrected chi connectivity index (χ1v) is 6.70. The van der Waals surface area contributed by atoms with E-state index in [1.54, 1.807) is 7.05 Å². The van der Waals surface area contributed by atoms with Gasteiger partial charge < -0.3 is 10.1 Å². The number of aliphatic imine (C=N–C) groups is 2. The van der Waals surface area contributed by atoms with Gasteiger partial charge in [0, 0.05) is 13.0 Å². The second kappa shape index (κ2) is 7.94. The molecule has 0 aromatic carbocycles. The average Bonchev–Trinajstić information content (AvgIpc) is 2.46. The molecule has 1 rings (SSSR count). The zero-order valence-corrected chi connectivity index (χ0v) is 12.2. The molecule has 0 saturated heterocycles. The summed E-state index contributed by atoms with van der Waals surface area (Å²) in [5.41, 5.74) is 0. The van der Waals surface area contributed by atoms with Gasteiger partial charge in [-0.3, -0.25) is 9.79 Å². The summed E-state index contributed by atoms with van der Waals surface area (Å²) in [5.74, 6) is 0.406. The first-order valence-electron chi connectivity index (χ1n) is 6.32. The quantitative estimate of drug-likeness (QED) is 0.490. The zero-order chi connectivity index (χ0) is 14.3. The largest absolute Gasteiger partial charge is 0.480 e. The van der Waals surface area contributed by atoms with E-state index in [0.717, 1.165) is 25.7 Å². The van der Waals surface area contributed by atoms with Crippen LogP contribution < -0.4 is 5.32 Å². The first-order chi connectivity index (χ1) is 9.13. The Morgan fingerprint density at radius 3 is 2.47 bits per heavy atom. The highest BCUT2D eigenvalue weighted by molar-refractivity contribution is 6.44. The van der Waals surface area contributed by atoms with Crippen LogP contribution in [-0.2, 0) is 9.53 Å². The fraction of sp³-hybridized carbons (Fsp3) is 0.615. The number of amides is 1. The Hall–Kier alpha value is -1.36. The Kier molecular flexibility index (Phi) is 6.56. The van der Waals surface area contributed by atoms with E-state index in [0.29, 0.717) is 0 Å². The number of methoxy groups -OCH3 is 1. The molecule has 0 aliphatic heterocycles. The van der Waals surface area contributed by atoms with Crippen LogP contribution in [0.25, 0.3) is 0 Å². The molecule has 0 unspecified atom stereocenters. The van der Waals surface area contributed by atoms with Gasteiger partial charge in [-0.1, -0.05) is 30.9 Å². The summed E-state index contributed by atoms with van der Waals surface area (Å²) in [6.45, 7) is 3.35. The lowest BCUT2D eigenvalue weighted by Crippen LogP contribution is -2.37. The van der Waals surface area contributed by atoms with Gasteiger partial charge in [-0.2, -0.15) is 0 Å². The molecule has 1 fully saturated rings. The lowest BCUT2D eigenvalue weighted by molar-refractivity contribution is -0.124. The van der Waals surface area contributed by atoms with Crippen molar-refractivity contribution in [3.63, 3.8) is 0 Å². The zero-order valence-electron chi connectivity index (χ0n) is 11.4. The summed E-state index contributed by atoms with van der Waals surface area (Å²) in [7, 11) is 2.98. The second-order valence-corrected chi connectivity index (χ2v) is 4.76. The second-order valence-electron chi connectivity index (χ2n) is 4.38. The van der Waals surface area contributed by atoms with E-state index in [-0.39, 0.29) is 28.6 Å². The predicted octanol–water partition coefficient (Wildman–Crippen LogP) is 2.47. The Morgan fingerprint density at radius 2 is 2.00 bits per heavy atom. The molecule has 1 amide bonds. The molecule has 0 aromatic heterocycles. The summed E-state index contributed by atoms with van der Waals surface area (Å²) in [6.07, 6.45) is 5.23. The maximum Gasteiger partial charge on any atom is 0.235 e. The number of halogens is 1. The summed E-state index contributed by atoms with van der Waals surface area (Å²) >= 11 is 6.07. The van der Waals surface area contributed by atoms with Crippen molar-refractivity contribution < 1.29 is 9.53 Å². The van der Waals surface area contributed by atoms with Crippen molar-refractivity contribution in [1.29, 1.82) is 0 Å². The average molecular weight is 286 g/mol. The third-order valence-electron chi connectivity index (χ3n) is 3.17. The van der Waals surface area contributed by atoms with Crippen LogP contribution in [0.1, 0.15) is 32.1 Å². The summed E-state index contributed by atoms with van der Waals surface area (Å²) in [5, 5.41) is 2.90. The molecule has 1 aliphatic rings. The van der Waals surface area contributed by atoms with Crippen molar-refractivity contribution in [2.45, 2.75) is 32.1 Å². The van der Waals surface area contributed by atoms with Gasteiger partial charge in [-0.15, -0.1) is 0 Å². The Morgan fingerprint density at radius 1 is 1.37 bits per heavy atom. The summed E-state index contributed by atoms with van der Waals surface area (Å²) in [4.78, 5) is 19.7. The molecular weight excluding hydrogens is 266 g/mol. The fourth-order valence-corrected chi connectivity index (χ4v) is 2.39. The third-order valence-corrected chi connectivity index (χ3v) is 3.51. The molecule has 1 saturated carbocycles. The minimum atomic E-state index is -0.0436. The highest BCUT2D eigenvalue weighted by atomic mass is 35.5. The van der Waals surface area contributed by atoms with E-state index in [1.807, 2.05) is 0 Å². The fourth-order valence-electron chi connectivity index (χ4n) is 2.12. The van der Waals surface area contributed by atoms with Gasteiger partial charge in [0.05, 0.1) is 7.11 Å². The van der Waals surface area contributed by atoms with Crippen LogP contribution in [0.4, 0.5) is 0 Å². The number of amidine groups is 1. The number of nitrogens with zero attached hydrogens (tertiary/aromatic N) is 2. The standard InChI is InChI=1S/C13H20ClN3O2/c1-15-11(10(14)13(16-2)19-3)17-12(18)9-7-5-4-6-8-9/h9H,2,4-8H2,1,3H3,(H,15,17,18)/b13-10-. The predicted molar refractivity (Wildman–Crippen MR) is 77.5 cm³/mol. The Labute approximate surface area is 118 Å². The summed E-state index contributed by atoms with van der Waals surface area (Å²) in [6, 6.07) is 0. The Balaban J connectivity index is 2.74. The minimum absolute atomic E-state index is 0.0395. The lowest BCUT2D eigenvalue weighted by atomic mass is 9.89. The number of hydrogen-bond donors (Lipinski definition) is 1. The summed E-state index contributed by atoms with van der Waals surface area (Å²) < 4.78 is 4.96. The molecule has 0 aromatic rings. The van der Waals surface area contributed by atoms with Crippen LogP contribution in [0.15, 0.2) is 20.9 Å². The van der Waals surface area contributed by atoms with Crippen molar-refractivity contribution >= 4 is 30.1 Å². The van der Waals surface area contributed by atoms with Crippen molar-refractivity contribution in [2.75, 3.05) is 14.2 Å². The van der Waals surface area contributed by atoms with E-state index in [1.165, 1.54) is 13.5 Å². The molecule has 19 heavy (non-hydrogen) atoms. The van der Waals surface area contributed by atoms with Crippen LogP contribution in [0, 0.1) is 5.92 Å². The number of nitrogens with one attached hydrogen (secondary N) is 1. The van der Waals surface area contributed by atoms with Gasteiger partial charge in [-0.25, -0.2) is 4.99 Å². The number of hydrogen-bond acceptors (Lipinski definition) is 4. The van der Waals surface area contributed by atoms with Gasteiger partial charge in [-0.05, 0) is 19.6 Å². The van der Waals surface area contributed by atoms with Crippen molar-refractivity contribution in [2.24, 2.45) is 15.9 Å². The van der Waals surface area contributed by atoms with E-state index < -0.39 is 0 Å². The molecule has 1 N–H and O–H groups in total. The Bertz CT molecular complexity index is 399. The van der Waals surface area contributed by atoms with E-state index in [2.05, 4.69) is 22.0 Å². The molecule has 0 spiro atoms. The van der Waals surface area contributed by atoms with Crippen LogP contribution >= 0.6 is 11.6 Å². The van der Waals surface area contributed by atoms with Crippen LogP contribution in [0.3, 0.4) is 0 Å². The smallest absolute Gasteiger partial charge is 0.235 e. The third kappa shape index (κ3) is 4.35. The van der Waals surface area contributed by atoms with Crippen molar-refractivity contribution in [1.82, 2.24) is 5.32 Å². The van der Waals surface area contributed by atoms with Crippen LogP contribution in [0.5, 0.6) is 0 Å². The molecule has 0 atom stereocenters. The van der Waals surface area contributed by atoms with E-state index in [4.69, 9.17) is 16.3 Å². The SMILES string of the molecule is C=N/C(OC)=C(/Cl)C(=NC)NC(=O)C1CCCCC1. The minimum Gasteiger partial charge on any atom is -0.480 e. The molecular formula is C13H20ClN3O2. The normalized spacial score (nSPS) is 18.6. The molecule has 0 heterocycles. The molecule has 6 heteroatoms. The van der Waals surface area contributed by atoms with Crippen molar-refractivity contribution in [3.05, 3.63) is 10.9 Å². The number of ether oxygens (including phenoxy) is 1. The van der Waals surface area contributed by atoms with Gasteiger partial charge in [0.1, 0.15) is 5.03 Å². The first kappa shape index (κ1) is 15.7. The highest BCUT2D eigenvalue weighted by Crippen LogP contribution is 2.24. The van der Waals surface area contributed by atoms with E-state index in [9.17, 15) is 4.79 Å². The topological polar surface area (TPSA) is 63.1 Å². The molecule has 0 radical (unpaired) electrons. The molecule has 106 valence electrons. The van der Waals surface area contributed by atoms with Crippen LogP contribution in [-0.4, -0.2) is 32.6 Å². The van der Waals surface area contributed by atoms with Gasteiger partial charge >= 0.3 is 0 Å². The molecule has 1 aliphatic carbocycles.